The molecule has 0 bridgehead atoms. The third kappa shape index (κ3) is 4.19. The highest BCUT2D eigenvalue weighted by molar-refractivity contribution is 6.01. The summed E-state index contributed by atoms with van der Waals surface area (Å²) in [6.45, 7) is 0.277. The molecule has 3 aromatic rings. The van der Waals surface area contributed by atoms with E-state index >= 15 is 0 Å². The fourth-order valence-corrected chi connectivity index (χ4v) is 4.00. The van der Waals surface area contributed by atoms with Crippen LogP contribution in [0, 0.1) is 5.92 Å². The van der Waals surface area contributed by atoms with Gasteiger partial charge in [-0.3, -0.25) is 9.59 Å². The van der Waals surface area contributed by atoms with Crippen LogP contribution in [0.4, 0.5) is 5.82 Å². The zero-order chi connectivity index (χ0) is 21.4. The molecule has 3 heterocycles. The third-order valence-corrected chi connectivity index (χ3v) is 5.92. The van der Waals surface area contributed by atoms with E-state index in [2.05, 4.69) is 20.4 Å². The number of amides is 1. The summed E-state index contributed by atoms with van der Waals surface area (Å²) in [5, 5.41) is 17.0. The van der Waals surface area contributed by atoms with Gasteiger partial charge in [-0.1, -0.05) is 0 Å². The normalized spacial score (nSPS) is 21.4. The second-order valence-electron chi connectivity index (χ2n) is 8.18. The van der Waals surface area contributed by atoms with Gasteiger partial charge in [0.05, 0.1) is 23.6 Å². The number of aliphatic hydroxyl groups is 1. The molecule has 0 unspecified atom stereocenters. The number of nitrogens with zero attached hydrogens (tertiary/aromatic N) is 4. The number of Topliss-reactive ketones (excluding diaryl/α,β-unsaturated/α-hetero) is 1. The molecule has 1 amide bonds. The Morgan fingerprint density at radius 3 is 2.71 bits per heavy atom. The first kappa shape index (κ1) is 19.8. The average Bonchev–Trinajstić information content (AvgIpc) is 3.34. The Hall–Kier alpha value is -3.17. The van der Waals surface area contributed by atoms with Gasteiger partial charge in [0.15, 0.2) is 11.6 Å². The maximum atomic E-state index is 12.1. The molecule has 9 nitrogen and oxygen atoms in total. The fraction of sp³-hybridized carbons (Fsp3) is 0.409. The predicted molar refractivity (Wildman–Crippen MR) is 111 cm³/mol. The summed E-state index contributed by atoms with van der Waals surface area (Å²) in [5.74, 6) is 0.742. The Morgan fingerprint density at radius 2 is 2.00 bits per heavy atom. The number of hydrogen-bond donors (Lipinski definition) is 2. The summed E-state index contributed by atoms with van der Waals surface area (Å²) >= 11 is 0. The molecule has 2 atom stereocenters. The van der Waals surface area contributed by atoms with Gasteiger partial charge >= 0.3 is 0 Å². The Morgan fingerprint density at radius 1 is 1.19 bits per heavy atom. The minimum Gasteiger partial charge on any atom is -0.390 e. The molecule has 0 saturated heterocycles. The number of carbonyl (C=O) groups is 2. The Balaban J connectivity index is 1.25. The molecular formula is C22H23N5O4. The topological polar surface area (TPSA) is 119 Å². The molecule has 160 valence electrons. The maximum Gasteiger partial charge on any atom is 0.229 e. The smallest absolute Gasteiger partial charge is 0.229 e. The fourth-order valence-electron chi connectivity index (χ4n) is 4.00. The van der Waals surface area contributed by atoms with Crippen molar-refractivity contribution in [2.45, 2.75) is 50.9 Å². The van der Waals surface area contributed by atoms with Crippen LogP contribution in [0.2, 0.25) is 0 Å². The molecule has 2 N–H and O–H groups in total. The monoisotopic (exact) mass is 421 g/mol. The Bertz CT molecular complexity index is 1120. The van der Waals surface area contributed by atoms with Crippen molar-refractivity contribution in [3.05, 3.63) is 42.6 Å². The van der Waals surface area contributed by atoms with Crippen LogP contribution in [0.5, 0.6) is 0 Å². The van der Waals surface area contributed by atoms with Crippen LogP contribution in [0.25, 0.3) is 16.6 Å². The summed E-state index contributed by atoms with van der Waals surface area (Å²) in [5.41, 5.74) is 2.60. The van der Waals surface area contributed by atoms with Crippen molar-refractivity contribution in [2.75, 3.05) is 5.32 Å². The number of hydrogen-bond acceptors (Lipinski definition) is 7. The van der Waals surface area contributed by atoms with E-state index in [4.69, 9.17) is 4.74 Å². The molecular weight excluding hydrogens is 398 g/mol. The predicted octanol–water partition coefficient (Wildman–Crippen LogP) is 2.14. The zero-order valence-corrected chi connectivity index (χ0v) is 16.9. The number of ether oxygens (including phenoxy) is 1. The molecule has 5 rings (SSSR count). The Kier molecular flexibility index (Phi) is 5.21. The lowest BCUT2D eigenvalue weighted by molar-refractivity contribution is -0.135. The minimum atomic E-state index is -0.396. The summed E-state index contributed by atoms with van der Waals surface area (Å²) in [7, 11) is 0. The van der Waals surface area contributed by atoms with Gasteiger partial charge in [-0.2, -0.15) is 5.10 Å². The SMILES string of the molecule is O=C1CC(C(=O)Nc2cc3cc(-c4cnc(CO[C@H]5CCC[C@@H]5O)nc4)ccn3n2)C1. The number of fused-ring (bicyclic) bond motifs is 1. The van der Waals surface area contributed by atoms with Crippen LogP contribution in [0.1, 0.15) is 37.9 Å². The van der Waals surface area contributed by atoms with Gasteiger partial charge in [0, 0.05) is 43.1 Å². The second-order valence-corrected chi connectivity index (χ2v) is 8.18. The van der Waals surface area contributed by atoms with Crippen molar-refractivity contribution in [3.8, 4) is 11.1 Å². The van der Waals surface area contributed by atoms with E-state index < -0.39 is 6.10 Å². The van der Waals surface area contributed by atoms with E-state index in [1.165, 1.54) is 0 Å². The van der Waals surface area contributed by atoms with Gasteiger partial charge in [-0.15, -0.1) is 0 Å². The number of pyridine rings is 1. The van der Waals surface area contributed by atoms with Crippen LogP contribution in [-0.4, -0.2) is 48.6 Å². The quantitative estimate of drug-likeness (QED) is 0.626. The number of aromatic nitrogens is 4. The first-order valence-electron chi connectivity index (χ1n) is 10.5. The summed E-state index contributed by atoms with van der Waals surface area (Å²) in [6.07, 6.45) is 8.03. The zero-order valence-electron chi connectivity index (χ0n) is 16.9. The number of ketones is 1. The minimum absolute atomic E-state index is 0.121. The maximum absolute atomic E-state index is 12.1. The largest absolute Gasteiger partial charge is 0.390 e. The van der Waals surface area contributed by atoms with Crippen molar-refractivity contribution < 1.29 is 19.4 Å². The number of rotatable bonds is 6. The van der Waals surface area contributed by atoms with Gasteiger partial charge in [-0.05, 0) is 37.0 Å². The summed E-state index contributed by atoms with van der Waals surface area (Å²) in [6, 6.07) is 5.64. The molecule has 9 heteroatoms. The van der Waals surface area contributed by atoms with Crippen LogP contribution in [0.15, 0.2) is 36.8 Å². The van der Waals surface area contributed by atoms with Crippen molar-refractivity contribution in [1.82, 2.24) is 19.6 Å². The van der Waals surface area contributed by atoms with E-state index in [1.807, 2.05) is 18.3 Å². The summed E-state index contributed by atoms with van der Waals surface area (Å²) in [4.78, 5) is 32.0. The highest BCUT2D eigenvalue weighted by atomic mass is 16.5. The first-order valence-corrected chi connectivity index (χ1v) is 10.5. The molecule has 0 radical (unpaired) electrons. The van der Waals surface area contributed by atoms with Crippen molar-refractivity contribution >= 4 is 23.0 Å². The van der Waals surface area contributed by atoms with Crippen molar-refractivity contribution in [3.63, 3.8) is 0 Å². The highest BCUT2D eigenvalue weighted by Gasteiger charge is 2.33. The second kappa shape index (κ2) is 8.16. The molecule has 0 spiro atoms. The molecule has 2 aliphatic rings. The molecule has 2 saturated carbocycles. The van der Waals surface area contributed by atoms with Crippen LogP contribution >= 0.6 is 0 Å². The molecule has 0 aliphatic heterocycles. The average molecular weight is 421 g/mol. The van der Waals surface area contributed by atoms with Gasteiger partial charge in [0.1, 0.15) is 12.4 Å². The van der Waals surface area contributed by atoms with Gasteiger partial charge < -0.3 is 15.2 Å². The lowest BCUT2D eigenvalue weighted by Crippen LogP contribution is -2.34. The number of aliphatic hydroxyl groups excluding tert-OH is 1. The summed E-state index contributed by atoms with van der Waals surface area (Å²) < 4.78 is 7.42. The molecule has 31 heavy (non-hydrogen) atoms. The van der Waals surface area contributed by atoms with Crippen molar-refractivity contribution in [1.29, 1.82) is 0 Å². The van der Waals surface area contributed by atoms with E-state index in [-0.39, 0.29) is 30.3 Å². The lowest BCUT2D eigenvalue weighted by Gasteiger charge is -2.22. The van der Waals surface area contributed by atoms with E-state index in [9.17, 15) is 14.7 Å². The number of carbonyl (C=O) groups excluding carboxylic acids is 2. The number of nitrogens with one attached hydrogen (secondary N) is 1. The standard InChI is InChI=1S/C22H23N5O4/c28-17-7-14(8-17)22(30)25-20-9-16-6-13(4-5-27(16)26-20)15-10-23-21(24-11-15)12-31-19-3-1-2-18(19)29/h4-6,9-11,14,18-19,29H,1-3,7-8,12H2,(H,25,26,30)/t18-,19-/m0/s1. The van der Waals surface area contributed by atoms with E-state index in [0.29, 0.717) is 24.5 Å². The van der Waals surface area contributed by atoms with Crippen molar-refractivity contribution in [2.24, 2.45) is 5.92 Å². The van der Waals surface area contributed by atoms with Gasteiger partial charge in [0.25, 0.3) is 0 Å². The van der Waals surface area contributed by atoms with Gasteiger partial charge in [-0.25, -0.2) is 14.5 Å². The lowest BCUT2D eigenvalue weighted by atomic mass is 9.83. The first-order chi connectivity index (χ1) is 15.0. The molecule has 2 fully saturated rings. The highest BCUT2D eigenvalue weighted by Crippen LogP contribution is 2.26. The molecule has 0 aromatic carbocycles. The molecule has 3 aromatic heterocycles. The molecule has 2 aliphatic carbocycles. The van der Waals surface area contributed by atoms with Crippen LogP contribution < -0.4 is 5.32 Å². The van der Waals surface area contributed by atoms with E-state index in [0.717, 1.165) is 35.9 Å². The number of anilines is 1. The van der Waals surface area contributed by atoms with Crippen LogP contribution in [-0.2, 0) is 20.9 Å². The Labute approximate surface area is 178 Å². The van der Waals surface area contributed by atoms with Gasteiger partial charge in [0.2, 0.25) is 5.91 Å². The van der Waals surface area contributed by atoms with Crippen LogP contribution in [0.3, 0.4) is 0 Å². The van der Waals surface area contributed by atoms with E-state index in [1.54, 1.807) is 23.0 Å². The third-order valence-electron chi connectivity index (χ3n) is 5.92.